The van der Waals surface area contributed by atoms with E-state index in [1.807, 2.05) is 0 Å². The molecular weight excluding hydrogens is 350 g/mol. The van der Waals surface area contributed by atoms with Gasteiger partial charge in [-0.05, 0) is 39.7 Å². The van der Waals surface area contributed by atoms with Crippen molar-refractivity contribution in [2.75, 3.05) is 13.1 Å². The Morgan fingerprint density at radius 1 is 1.44 bits per heavy atom. The molecule has 1 aliphatic heterocycles. The Hall–Kier alpha value is -2.06. The first kappa shape index (κ1) is 19.3. The van der Waals surface area contributed by atoms with E-state index < -0.39 is 16.6 Å². The molecule has 9 heteroatoms. The van der Waals surface area contributed by atoms with Gasteiger partial charge < -0.3 is 9.47 Å². The van der Waals surface area contributed by atoms with Crippen molar-refractivity contribution < 1.29 is 19.2 Å². The van der Waals surface area contributed by atoms with Gasteiger partial charge in [0, 0.05) is 18.7 Å². The second-order valence-electron chi connectivity index (χ2n) is 6.81. The molecule has 0 radical (unpaired) electrons. The number of nitrogens with zero attached hydrogens (tertiary/aromatic N) is 2. The van der Waals surface area contributed by atoms with Crippen LogP contribution in [0.3, 0.4) is 0 Å². The van der Waals surface area contributed by atoms with Gasteiger partial charge in [0.25, 0.3) is 5.69 Å². The summed E-state index contributed by atoms with van der Waals surface area (Å²) in [6.07, 6.45) is 0.911. The van der Waals surface area contributed by atoms with Crippen LogP contribution >= 0.6 is 11.6 Å². The lowest BCUT2D eigenvalue weighted by atomic mass is 10.1. The average Bonchev–Trinajstić information content (AvgIpc) is 2.47. The molecule has 0 aromatic heterocycles. The third-order valence-corrected chi connectivity index (χ3v) is 3.74. The Morgan fingerprint density at radius 2 is 2.16 bits per heavy atom. The van der Waals surface area contributed by atoms with Crippen LogP contribution in [0.2, 0.25) is 5.02 Å². The van der Waals surface area contributed by atoms with Gasteiger partial charge >= 0.3 is 6.09 Å². The van der Waals surface area contributed by atoms with Gasteiger partial charge in [0.15, 0.2) is 0 Å². The maximum atomic E-state index is 11.8. The number of benzene rings is 1. The molecule has 1 atom stereocenters. The van der Waals surface area contributed by atoms with E-state index in [2.05, 4.69) is 5.43 Å². The molecule has 0 bridgehead atoms. The number of nitrogens with one attached hydrogen (secondary N) is 1. The largest absolute Gasteiger partial charge is 0.487 e. The first-order valence-electron chi connectivity index (χ1n) is 7.99. The predicted molar refractivity (Wildman–Crippen MR) is 92.7 cm³/mol. The van der Waals surface area contributed by atoms with Crippen LogP contribution in [0.1, 0.15) is 33.6 Å². The van der Waals surface area contributed by atoms with Crippen molar-refractivity contribution in [3.8, 4) is 5.75 Å². The minimum absolute atomic E-state index is 0.0887. The molecule has 1 N–H and O–H groups in total. The molecule has 1 aliphatic rings. The van der Waals surface area contributed by atoms with E-state index >= 15 is 0 Å². The Labute approximate surface area is 151 Å². The molecule has 0 aliphatic carbocycles. The molecule has 0 spiro atoms. The van der Waals surface area contributed by atoms with E-state index in [-0.39, 0.29) is 16.8 Å². The number of piperidine rings is 1. The predicted octanol–water partition coefficient (Wildman–Crippen LogP) is 3.53. The number of hydrazine groups is 1. The van der Waals surface area contributed by atoms with Crippen LogP contribution < -0.4 is 10.2 Å². The molecule has 8 nitrogen and oxygen atoms in total. The van der Waals surface area contributed by atoms with Crippen LogP contribution in [0.5, 0.6) is 5.75 Å². The summed E-state index contributed by atoms with van der Waals surface area (Å²) in [6, 6.07) is 4.10. The van der Waals surface area contributed by atoms with Gasteiger partial charge in [-0.2, -0.15) is 0 Å². The minimum atomic E-state index is -0.567. The highest BCUT2D eigenvalue weighted by atomic mass is 35.5. The first-order valence-corrected chi connectivity index (χ1v) is 8.37. The number of non-ortho nitro benzene ring substituents is 1. The van der Waals surface area contributed by atoms with Crippen LogP contribution in [-0.2, 0) is 4.74 Å². The van der Waals surface area contributed by atoms with Crippen molar-refractivity contribution in [3.63, 3.8) is 0 Å². The number of nitro groups is 1. The summed E-state index contributed by atoms with van der Waals surface area (Å²) in [5, 5.41) is 12.7. The van der Waals surface area contributed by atoms with Crippen molar-refractivity contribution in [3.05, 3.63) is 33.3 Å². The van der Waals surface area contributed by atoms with Gasteiger partial charge in [0.05, 0.1) is 16.5 Å². The SMILES string of the molecule is CC(C)(C)OC(=O)NN1CCCC(Oc2ccc([N+](=O)[O-])cc2Cl)C1. The van der Waals surface area contributed by atoms with Crippen LogP contribution in [0.25, 0.3) is 0 Å². The summed E-state index contributed by atoms with van der Waals surface area (Å²) in [6.45, 7) is 6.54. The molecular formula is C16H22ClN3O5. The third-order valence-electron chi connectivity index (χ3n) is 3.45. The topological polar surface area (TPSA) is 93.9 Å². The maximum absolute atomic E-state index is 11.8. The quantitative estimate of drug-likeness (QED) is 0.642. The van der Waals surface area contributed by atoms with Crippen molar-refractivity contribution in [2.45, 2.75) is 45.3 Å². The Kier molecular flexibility index (Phi) is 6.07. The molecule has 2 rings (SSSR count). The maximum Gasteiger partial charge on any atom is 0.422 e. The molecule has 1 saturated heterocycles. The zero-order valence-electron chi connectivity index (χ0n) is 14.5. The molecule has 1 amide bonds. The van der Waals surface area contributed by atoms with Gasteiger partial charge in [-0.15, -0.1) is 0 Å². The minimum Gasteiger partial charge on any atom is -0.487 e. The van der Waals surface area contributed by atoms with Crippen molar-refractivity contribution in [1.82, 2.24) is 10.4 Å². The highest BCUT2D eigenvalue weighted by molar-refractivity contribution is 6.32. The van der Waals surface area contributed by atoms with E-state index in [9.17, 15) is 14.9 Å². The van der Waals surface area contributed by atoms with Crippen LogP contribution in [0.15, 0.2) is 18.2 Å². The third kappa shape index (κ3) is 6.06. The standard InChI is InChI=1S/C16H22ClN3O5/c1-16(2,3)25-15(21)18-19-8-4-5-12(10-19)24-14-7-6-11(20(22)23)9-13(14)17/h6-7,9,12H,4-5,8,10H2,1-3H3,(H,18,21). The van der Waals surface area contributed by atoms with E-state index in [4.69, 9.17) is 21.1 Å². The van der Waals surface area contributed by atoms with E-state index in [0.717, 1.165) is 12.8 Å². The molecule has 1 fully saturated rings. The molecule has 1 aromatic rings. The zero-order chi connectivity index (χ0) is 18.6. The van der Waals surface area contributed by atoms with Gasteiger partial charge in [-0.25, -0.2) is 9.80 Å². The lowest BCUT2D eigenvalue weighted by Crippen LogP contribution is -2.51. The van der Waals surface area contributed by atoms with Crippen LogP contribution in [-0.4, -0.2) is 40.8 Å². The lowest BCUT2D eigenvalue weighted by molar-refractivity contribution is -0.384. The van der Waals surface area contributed by atoms with E-state index in [0.29, 0.717) is 18.8 Å². The molecule has 1 aromatic carbocycles. The van der Waals surface area contributed by atoms with Gasteiger partial charge in [0.2, 0.25) is 0 Å². The summed E-state index contributed by atoms with van der Waals surface area (Å²) in [5.74, 6) is 0.386. The van der Waals surface area contributed by atoms with Crippen LogP contribution in [0.4, 0.5) is 10.5 Å². The monoisotopic (exact) mass is 371 g/mol. The Balaban J connectivity index is 1.93. The van der Waals surface area contributed by atoms with Gasteiger partial charge in [-0.3, -0.25) is 15.5 Å². The Bertz CT molecular complexity index is 647. The highest BCUT2D eigenvalue weighted by Gasteiger charge is 2.25. The number of amides is 1. The van der Waals surface area contributed by atoms with Crippen molar-refractivity contribution in [2.24, 2.45) is 0 Å². The first-order chi connectivity index (χ1) is 11.6. The summed E-state index contributed by atoms with van der Waals surface area (Å²) in [7, 11) is 0. The second kappa shape index (κ2) is 7.88. The Morgan fingerprint density at radius 3 is 2.76 bits per heavy atom. The molecule has 0 saturated carbocycles. The van der Waals surface area contributed by atoms with Crippen molar-refractivity contribution >= 4 is 23.4 Å². The lowest BCUT2D eigenvalue weighted by Gasteiger charge is -2.33. The molecule has 138 valence electrons. The number of nitro benzene ring substituents is 1. The highest BCUT2D eigenvalue weighted by Crippen LogP contribution is 2.30. The normalized spacial score (nSPS) is 18.5. The molecule has 25 heavy (non-hydrogen) atoms. The van der Waals surface area contributed by atoms with Gasteiger partial charge in [-0.1, -0.05) is 11.6 Å². The average molecular weight is 372 g/mol. The summed E-state index contributed by atoms with van der Waals surface area (Å²) in [4.78, 5) is 22.1. The zero-order valence-corrected chi connectivity index (χ0v) is 15.2. The summed E-state index contributed by atoms with van der Waals surface area (Å²) >= 11 is 6.05. The van der Waals surface area contributed by atoms with Crippen molar-refractivity contribution in [1.29, 1.82) is 0 Å². The summed E-state index contributed by atoms with van der Waals surface area (Å²) in [5.41, 5.74) is 2.04. The smallest absolute Gasteiger partial charge is 0.422 e. The van der Waals surface area contributed by atoms with E-state index in [1.165, 1.54) is 18.2 Å². The number of halogens is 1. The number of hydrogen-bond acceptors (Lipinski definition) is 6. The number of hydrogen-bond donors (Lipinski definition) is 1. The van der Waals surface area contributed by atoms with E-state index in [1.54, 1.807) is 25.8 Å². The molecule has 1 heterocycles. The fourth-order valence-corrected chi connectivity index (χ4v) is 2.66. The number of ether oxygens (including phenoxy) is 2. The summed E-state index contributed by atoms with van der Waals surface area (Å²) < 4.78 is 11.1. The fourth-order valence-electron chi connectivity index (χ4n) is 2.44. The fraction of sp³-hybridized carbons (Fsp3) is 0.562. The van der Waals surface area contributed by atoms with Crippen LogP contribution in [0, 0.1) is 10.1 Å². The number of carbonyl (C=O) groups is 1. The molecule has 1 unspecified atom stereocenters. The number of rotatable bonds is 4. The number of carbonyl (C=O) groups excluding carboxylic acids is 1. The second-order valence-corrected chi connectivity index (χ2v) is 7.22. The van der Waals surface area contributed by atoms with Gasteiger partial charge in [0.1, 0.15) is 17.5 Å².